The van der Waals surface area contributed by atoms with Gasteiger partial charge in [-0.15, -0.1) is 0 Å². The molecule has 0 aromatic heterocycles. The first-order chi connectivity index (χ1) is 3.89. The van der Waals surface area contributed by atoms with Crippen molar-refractivity contribution in [3.63, 3.8) is 0 Å². The average Bonchev–Trinajstić information content (AvgIpc) is 1.94. The van der Waals surface area contributed by atoms with E-state index in [0.29, 0.717) is 0 Å². The molecule has 1 N–H and O–H groups in total. The molecule has 0 saturated carbocycles. The first-order valence-corrected chi connectivity index (χ1v) is 3.15. The summed E-state index contributed by atoms with van der Waals surface area (Å²) < 4.78 is 5.10. The van der Waals surface area contributed by atoms with Crippen molar-refractivity contribution in [1.82, 2.24) is 0 Å². The van der Waals surface area contributed by atoms with Crippen LogP contribution in [0.2, 0.25) is 0 Å². The quantitative estimate of drug-likeness (QED) is 0.500. The molecule has 0 aromatic rings. The number of rotatable bonds is 0. The van der Waals surface area contributed by atoms with Crippen LogP contribution in [0.4, 0.5) is 0 Å². The minimum absolute atomic E-state index is 0.0995. The Hall–Kier alpha value is -0.0800. The first-order valence-electron chi connectivity index (χ1n) is 3.15. The number of hydrogen-bond donors (Lipinski definition) is 1. The van der Waals surface area contributed by atoms with Crippen LogP contribution >= 0.6 is 0 Å². The summed E-state index contributed by atoms with van der Waals surface area (Å²) in [6, 6.07) is 0. The zero-order valence-electron chi connectivity index (χ0n) is 4.97. The number of ether oxygens (including phenoxy) is 1. The van der Waals surface area contributed by atoms with Crippen molar-refractivity contribution in [2.45, 2.75) is 25.4 Å². The van der Waals surface area contributed by atoms with Crippen LogP contribution in [0.1, 0.15) is 19.3 Å². The van der Waals surface area contributed by atoms with Gasteiger partial charge < -0.3 is 9.84 Å². The molecular formula is C6H12O2. The van der Waals surface area contributed by atoms with E-state index in [4.69, 9.17) is 9.84 Å². The highest BCUT2D eigenvalue weighted by Crippen LogP contribution is 2.06. The van der Waals surface area contributed by atoms with E-state index in [1.165, 1.54) is 0 Å². The second-order valence-electron chi connectivity index (χ2n) is 2.20. The fourth-order valence-corrected chi connectivity index (χ4v) is 0.887. The van der Waals surface area contributed by atoms with E-state index < -0.39 is 0 Å². The molecule has 0 radical (unpaired) electrons. The molecule has 1 atom stereocenters. The smallest absolute Gasteiger partial charge is 0.0563 e. The van der Waals surface area contributed by atoms with Gasteiger partial charge in [0.2, 0.25) is 0 Å². The average molecular weight is 116 g/mol. The molecule has 1 aliphatic rings. The Morgan fingerprint density at radius 2 is 2.12 bits per heavy atom. The zero-order chi connectivity index (χ0) is 5.82. The first kappa shape index (κ1) is 6.05. The van der Waals surface area contributed by atoms with E-state index in [9.17, 15) is 0 Å². The molecule has 8 heavy (non-hydrogen) atoms. The molecule has 0 bridgehead atoms. The maximum absolute atomic E-state index is 9.01. The molecule has 48 valence electrons. The Balaban J connectivity index is 2.17. The van der Waals surface area contributed by atoms with E-state index in [0.717, 1.165) is 32.5 Å². The molecule has 0 spiro atoms. The summed E-state index contributed by atoms with van der Waals surface area (Å²) in [6.07, 6.45) is 2.65. The van der Waals surface area contributed by atoms with Gasteiger partial charge in [-0.2, -0.15) is 0 Å². The normalized spacial score (nSPS) is 31.9. The molecule has 2 heteroatoms. The molecule has 0 aromatic carbocycles. The highest BCUT2D eigenvalue weighted by molar-refractivity contribution is 4.57. The molecule has 0 aliphatic carbocycles. The van der Waals surface area contributed by atoms with Crippen LogP contribution in [0.5, 0.6) is 0 Å². The van der Waals surface area contributed by atoms with Crippen molar-refractivity contribution in [2.24, 2.45) is 0 Å². The van der Waals surface area contributed by atoms with E-state index in [-0.39, 0.29) is 6.10 Å². The van der Waals surface area contributed by atoms with E-state index in [1.807, 2.05) is 0 Å². The molecule has 1 heterocycles. The van der Waals surface area contributed by atoms with Crippen LogP contribution < -0.4 is 0 Å². The largest absolute Gasteiger partial charge is 0.393 e. The van der Waals surface area contributed by atoms with Gasteiger partial charge in [-0.05, 0) is 19.3 Å². The Bertz CT molecular complexity index is 55.5. The van der Waals surface area contributed by atoms with Gasteiger partial charge in [0.05, 0.1) is 6.10 Å². The maximum Gasteiger partial charge on any atom is 0.0563 e. The standard InChI is InChI=1S/C6H12O2/c7-6-2-1-4-8-5-3-6/h6-7H,1-5H2/t6-/m1/s1. The molecule has 2 nitrogen and oxygen atoms in total. The minimum Gasteiger partial charge on any atom is -0.393 e. The molecular weight excluding hydrogens is 104 g/mol. The third-order valence-corrected chi connectivity index (χ3v) is 1.42. The van der Waals surface area contributed by atoms with Gasteiger partial charge in [0, 0.05) is 13.2 Å². The third-order valence-electron chi connectivity index (χ3n) is 1.42. The van der Waals surface area contributed by atoms with Crippen LogP contribution in [0.25, 0.3) is 0 Å². The predicted molar refractivity (Wildman–Crippen MR) is 30.7 cm³/mol. The Morgan fingerprint density at radius 3 is 3.00 bits per heavy atom. The van der Waals surface area contributed by atoms with Crippen LogP contribution in [0, 0.1) is 0 Å². The lowest BCUT2D eigenvalue weighted by molar-refractivity contribution is 0.118. The Kier molecular flexibility index (Phi) is 2.30. The third kappa shape index (κ3) is 1.80. The highest BCUT2D eigenvalue weighted by atomic mass is 16.5. The lowest BCUT2D eigenvalue weighted by atomic mass is 10.2. The molecule has 1 fully saturated rings. The van der Waals surface area contributed by atoms with Crippen LogP contribution in [0.15, 0.2) is 0 Å². The SMILES string of the molecule is O[C@@H]1CCCOCC1. The van der Waals surface area contributed by atoms with E-state index >= 15 is 0 Å². The highest BCUT2D eigenvalue weighted by Gasteiger charge is 2.06. The maximum atomic E-state index is 9.01. The summed E-state index contributed by atoms with van der Waals surface area (Å²) >= 11 is 0. The van der Waals surface area contributed by atoms with Gasteiger partial charge in [-0.25, -0.2) is 0 Å². The molecule has 1 aliphatic heterocycles. The predicted octanol–water partition coefficient (Wildman–Crippen LogP) is 0.548. The molecule has 1 saturated heterocycles. The Morgan fingerprint density at radius 1 is 1.25 bits per heavy atom. The summed E-state index contributed by atoms with van der Waals surface area (Å²) in [5, 5.41) is 9.01. The molecule has 0 amide bonds. The van der Waals surface area contributed by atoms with Crippen LogP contribution in [-0.2, 0) is 4.74 Å². The van der Waals surface area contributed by atoms with Gasteiger partial charge in [0.25, 0.3) is 0 Å². The Labute approximate surface area is 49.5 Å². The summed E-state index contributed by atoms with van der Waals surface area (Å²) in [5.74, 6) is 0. The van der Waals surface area contributed by atoms with Crippen molar-refractivity contribution in [3.05, 3.63) is 0 Å². The number of aliphatic hydroxyl groups is 1. The van der Waals surface area contributed by atoms with Gasteiger partial charge >= 0.3 is 0 Å². The fourth-order valence-electron chi connectivity index (χ4n) is 0.887. The zero-order valence-corrected chi connectivity index (χ0v) is 4.97. The molecule has 0 unspecified atom stereocenters. The van der Waals surface area contributed by atoms with Crippen LogP contribution in [0.3, 0.4) is 0 Å². The number of hydrogen-bond acceptors (Lipinski definition) is 2. The van der Waals surface area contributed by atoms with Crippen LogP contribution in [-0.4, -0.2) is 24.4 Å². The van der Waals surface area contributed by atoms with Crippen molar-refractivity contribution >= 4 is 0 Å². The minimum atomic E-state index is -0.0995. The van der Waals surface area contributed by atoms with Gasteiger partial charge in [0.15, 0.2) is 0 Å². The lowest BCUT2D eigenvalue weighted by Crippen LogP contribution is -2.04. The second-order valence-corrected chi connectivity index (χ2v) is 2.20. The van der Waals surface area contributed by atoms with Crippen molar-refractivity contribution in [3.8, 4) is 0 Å². The number of aliphatic hydroxyl groups excluding tert-OH is 1. The van der Waals surface area contributed by atoms with Gasteiger partial charge in [-0.3, -0.25) is 0 Å². The van der Waals surface area contributed by atoms with E-state index in [2.05, 4.69) is 0 Å². The summed E-state index contributed by atoms with van der Waals surface area (Å²) in [4.78, 5) is 0. The monoisotopic (exact) mass is 116 g/mol. The summed E-state index contributed by atoms with van der Waals surface area (Å²) in [6.45, 7) is 1.57. The second kappa shape index (κ2) is 3.05. The topological polar surface area (TPSA) is 29.5 Å². The van der Waals surface area contributed by atoms with Gasteiger partial charge in [-0.1, -0.05) is 0 Å². The van der Waals surface area contributed by atoms with E-state index in [1.54, 1.807) is 0 Å². The van der Waals surface area contributed by atoms with Crippen molar-refractivity contribution < 1.29 is 9.84 Å². The summed E-state index contributed by atoms with van der Waals surface area (Å²) in [5.41, 5.74) is 0. The van der Waals surface area contributed by atoms with Gasteiger partial charge in [0.1, 0.15) is 0 Å². The summed E-state index contributed by atoms with van der Waals surface area (Å²) in [7, 11) is 0. The lowest BCUT2D eigenvalue weighted by Gasteiger charge is -2.01. The fraction of sp³-hybridized carbons (Fsp3) is 1.00. The molecule has 1 rings (SSSR count). The van der Waals surface area contributed by atoms with Crippen molar-refractivity contribution in [2.75, 3.05) is 13.2 Å². The van der Waals surface area contributed by atoms with Crippen molar-refractivity contribution in [1.29, 1.82) is 0 Å².